The smallest absolute Gasteiger partial charge is 0.278 e. The minimum atomic E-state index is -0.497. The molecular formula is C25H19FN2O5. The van der Waals surface area contributed by atoms with Gasteiger partial charge in [0.1, 0.15) is 17.3 Å². The van der Waals surface area contributed by atoms with Crippen LogP contribution in [-0.4, -0.2) is 30.6 Å². The summed E-state index contributed by atoms with van der Waals surface area (Å²) in [6, 6.07) is 17.8. The molecule has 2 aliphatic rings. The number of halogens is 1. The molecule has 2 amide bonds. The van der Waals surface area contributed by atoms with Gasteiger partial charge in [0.25, 0.3) is 11.8 Å². The number of methoxy groups -OCH3 is 1. The molecular weight excluding hydrogens is 427 g/mol. The summed E-state index contributed by atoms with van der Waals surface area (Å²) in [5.41, 5.74) is 1.99. The van der Waals surface area contributed by atoms with Crippen LogP contribution in [0, 0.1) is 5.82 Å². The summed E-state index contributed by atoms with van der Waals surface area (Å²) in [5, 5.41) is 3.09. The molecule has 0 bridgehead atoms. The van der Waals surface area contributed by atoms with Crippen molar-refractivity contribution in [3.63, 3.8) is 0 Å². The van der Waals surface area contributed by atoms with Crippen molar-refractivity contribution in [3.05, 3.63) is 89.4 Å². The van der Waals surface area contributed by atoms with E-state index in [1.807, 2.05) is 0 Å². The van der Waals surface area contributed by atoms with Gasteiger partial charge in [-0.25, -0.2) is 4.39 Å². The van der Waals surface area contributed by atoms with E-state index in [1.165, 1.54) is 19.2 Å². The number of nitrogens with zero attached hydrogens (tertiary/aromatic N) is 1. The Hall–Kier alpha value is -4.33. The number of ether oxygens (including phenoxy) is 3. The Labute approximate surface area is 189 Å². The fraction of sp³-hybridized carbons (Fsp3) is 0.120. The van der Waals surface area contributed by atoms with Gasteiger partial charge in [0.05, 0.1) is 19.2 Å². The maximum atomic E-state index is 13.5. The SMILES string of the molecule is COc1ccccc1C1=C(Nc2ccc3c(c2)OCO3)C(=O)N(Cc2ccc(F)cc2)C1=O. The van der Waals surface area contributed by atoms with E-state index in [0.29, 0.717) is 34.1 Å². The van der Waals surface area contributed by atoms with Crippen LogP contribution in [0.3, 0.4) is 0 Å². The van der Waals surface area contributed by atoms with Crippen LogP contribution in [0.4, 0.5) is 10.1 Å². The quantitative estimate of drug-likeness (QED) is 0.578. The van der Waals surface area contributed by atoms with Gasteiger partial charge < -0.3 is 19.5 Å². The second-order valence-electron chi connectivity index (χ2n) is 7.47. The summed E-state index contributed by atoms with van der Waals surface area (Å²) in [6.07, 6.45) is 0. The van der Waals surface area contributed by atoms with Crippen molar-refractivity contribution < 1.29 is 28.2 Å². The Morgan fingerprint density at radius 2 is 1.73 bits per heavy atom. The molecule has 0 saturated carbocycles. The first kappa shape index (κ1) is 20.6. The molecule has 0 fully saturated rings. The highest BCUT2D eigenvalue weighted by Gasteiger charge is 2.40. The van der Waals surface area contributed by atoms with Gasteiger partial charge in [-0.05, 0) is 35.9 Å². The lowest BCUT2D eigenvalue weighted by molar-refractivity contribution is -0.137. The first-order chi connectivity index (χ1) is 16.0. The number of benzene rings is 3. The van der Waals surface area contributed by atoms with Crippen LogP contribution in [0.2, 0.25) is 0 Å². The maximum absolute atomic E-state index is 13.5. The second-order valence-corrected chi connectivity index (χ2v) is 7.47. The van der Waals surface area contributed by atoms with Crippen LogP contribution in [0.1, 0.15) is 11.1 Å². The normalized spacial score (nSPS) is 14.8. The molecule has 0 saturated heterocycles. The molecule has 0 aliphatic carbocycles. The Morgan fingerprint density at radius 1 is 0.970 bits per heavy atom. The van der Waals surface area contributed by atoms with Gasteiger partial charge in [0.15, 0.2) is 11.5 Å². The van der Waals surface area contributed by atoms with E-state index >= 15 is 0 Å². The molecule has 7 nitrogen and oxygen atoms in total. The molecule has 0 unspecified atom stereocenters. The molecule has 3 aromatic rings. The van der Waals surface area contributed by atoms with Gasteiger partial charge >= 0.3 is 0 Å². The molecule has 0 atom stereocenters. The zero-order valence-electron chi connectivity index (χ0n) is 17.6. The molecule has 166 valence electrons. The molecule has 1 N–H and O–H groups in total. The van der Waals surface area contributed by atoms with E-state index in [-0.39, 0.29) is 24.6 Å². The first-order valence-corrected chi connectivity index (χ1v) is 10.2. The summed E-state index contributed by atoms with van der Waals surface area (Å²) >= 11 is 0. The third-order valence-electron chi connectivity index (χ3n) is 5.44. The Balaban J connectivity index is 1.55. The minimum absolute atomic E-state index is 0.00289. The van der Waals surface area contributed by atoms with Gasteiger partial charge in [0.2, 0.25) is 6.79 Å². The minimum Gasteiger partial charge on any atom is -0.496 e. The van der Waals surface area contributed by atoms with E-state index in [0.717, 1.165) is 4.90 Å². The van der Waals surface area contributed by atoms with Crippen molar-refractivity contribution in [2.75, 3.05) is 19.2 Å². The van der Waals surface area contributed by atoms with Crippen LogP contribution in [0.5, 0.6) is 17.2 Å². The Morgan fingerprint density at radius 3 is 2.52 bits per heavy atom. The van der Waals surface area contributed by atoms with Crippen LogP contribution in [0.15, 0.2) is 72.4 Å². The predicted molar refractivity (Wildman–Crippen MR) is 118 cm³/mol. The monoisotopic (exact) mass is 446 g/mol. The zero-order chi connectivity index (χ0) is 22.9. The molecule has 0 aromatic heterocycles. The number of carbonyl (C=O) groups excluding carboxylic acids is 2. The number of amides is 2. The lowest BCUT2D eigenvalue weighted by Crippen LogP contribution is -2.32. The number of nitrogens with one attached hydrogen (secondary N) is 1. The molecule has 3 aromatic carbocycles. The van der Waals surface area contributed by atoms with Crippen LogP contribution < -0.4 is 19.5 Å². The molecule has 8 heteroatoms. The third-order valence-corrected chi connectivity index (χ3v) is 5.44. The number of hydrogen-bond acceptors (Lipinski definition) is 6. The van der Waals surface area contributed by atoms with Gasteiger partial charge in [-0.3, -0.25) is 14.5 Å². The summed E-state index contributed by atoms with van der Waals surface area (Å²) in [7, 11) is 1.50. The predicted octanol–water partition coefficient (Wildman–Crippen LogP) is 3.96. The van der Waals surface area contributed by atoms with Crippen LogP contribution in [-0.2, 0) is 16.1 Å². The number of fused-ring (bicyclic) bond motifs is 1. The van der Waals surface area contributed by atoms with Crippen molar-refractivity contribution in [3.8, 4) is 17.2 Å². The van der Waals surface area contributed by atoms with Crippen LogP contribution >= 0.6 is 0 Å². The first-order valence-electron chi connectivity index (χ1n) is 10.2. The molecule has 2 heterocycles. The number of imide groups is 1. The van der Waals surface area contributed by atoms with Crippen molar-refractivity contribution in [2.24, 2.45) is 0 Å². The van der Waals surface area contributed by atoms with Gasteiger partial charge in [-0.1, -0.05) is 30.3 Å². The largest absolute Gasteiger partial charge is 0.496 e. The van der Waals surface area contributed by atoms with E-state index in [4.69, 9.17) is 14.2 Å². The molecule has 0 radical (unpaired) electrons. The summed E-state index contributed by atoms with van der Waals surface area (Å²) in [6.45, 7) is 0.125. The summed E-state index contributed by atoms with van der Waals surface area (Å²) < 4.78 is 29.5. The topological polar surface area (TPSA) is 77.1 Å². The number of hydrogen-bond donors (Lipinski definition) is 1. The van der Waals surface area contributed by atoms with Crippen molar-refractivity contribution in [1.29, 1.82) is 0 Å². The molecule has 2 aliphatic heterocycles. The van der Waals surface area contributed by atoms with Gasteiger partial charge in [0, 0.05) is 17.3 Å². The maximum Gasteiger partial charge on any atom is 0.278 e. The van der Waals surface area contributed by atoms with Crippen LogP contribution in [0.25, 0.3) is 5.57 Å². The fourth-order valence-corrected chi connectivity index (χ4v) is 3.83. The van der Waals surface area contributed by atoms with E-state index in [9.17, 15) is 14.0 Å². The summed E-state index contributed by atoms with van der Waals surface area (Å²) in [4.78, 5) is 28.0. The Bertz CT molecular complexity index is 1290. The highest BCUT2D eigenvalue weighted by Crippen LogP contribution is 2.38. The molecule has 0 spiro atoms. The van der Waals surface area contributed by atoms with E-state index in [2.05, 4.69) is 5.32 Å². The zero-order valence-corrected chi connectivity index (χ0v) is 17.6. The highest BCUT2D eigenvalue weighted by atomic mass is 19.1. The lowest BCUT2D eigenvalue weighted by atomic mass is 10.0. The fourth-order valence-electron chi connectivity index (χ4n) is 3.83. The van der Waals surface area contributed by atoms with E-state index < -0.39 is 17.6 Å². The van der Waals surface area contributed by atoms with Gasteiger partial charge in [-0.2, -0.15) is 0 Å². The second kappa shape index (κ2) is 8.31. The average molecular weight is 446 g/mol. The lowest BCUT2D eigenvalue weighted by Gasteiger charge is -2.15. The standard InChI is InChI=1S/C25H19FN2O5/c1-31-19-5-3-2-4-18(19)22-23(27-17-10-11-20-21(12-17)33-14-32-20)25(30)28(24(22)29)13-15-6-8-16(26)9-7-15/h2-12,27H,13-14H2,1H3. The van der Waals surface area contributed by atoms with Gasteiger partial charge in [-0.15, -0.1) is 0 Å². The van der Waals surface area contributed by atoms with Crippen molar-refractivity contribution in [1.82, 2.24) is 4.90 Å². The Kier molecular flexibility index (Phi) is 5.18. The van der Waals surface area contributed by atoms with Crippen molar-refractivity contribution in [2.45, 2.75) is 6.54 Å². The van der Waals surface area contributed by atoms with Crippen molar-refractivity contribution >= 4 is 23.1 Å². The number of rotatable bonds is 6. The molecule has 5 rings (SSSR count). The molecule has 33 heavy (non-hydrogen) atoms. The number of para-hydroxylation sites is 1. The number of carbonyl (C=O) groups is 2. The number of anilines is 1. The third kappa shape index (κ3) is 3.76. The average Bonchev–Trinajstić information content (AvgIpc) is 3.38. The van der Waals surface area contributed by atoms with E-state index in [1.54, 1.807) is 54.6 Å². The highest BCUT2D eigenvalue weighted by molar-refractivity contribution is 6.36. The summed E-state index contributed by atoms with van der Waals surface area (Å²) in [5.74, 6) is 0.240.